The summed E-state index contributed by atoms with van der Waals surface area (Å²) < 4.78 is 6.14. The number of nitrogens with zero attached hydrogens (tertiary/aromatic N) is 2. The van der Waals surface area contributed by atoms with E-state index in [1.54, 1.807) is 26.7 Å². The van der Waals surface area contributed by atoms with Gasteiger partial charge < -0.3 is 9.30 Å². The monoisotopic (exact) mass is 208 g/mol. The van der Waals surface area contributed by atoms with Gasteiger partial charge in [0.25, 0.3) is 0 Å². The molecule has 10 heavy (non-hydrogen) atoms. The molecule has 0 unspecified atom stereocenters. The van der Waals surface area contributed by atoms with Crippen LogP contribution in [0.2, 0.25) is 0 Å². The van der Waals surface area contributed by atoms with Crippen LogP contribution in [0.1, 0.15) is 0 Å². The van der Waals surface area contributed by atoms with E-state index in [9.17, 15) is 0 Å². The van der Waals surface area contributed by atoms with E-state index in [4.69, 9.17) is 0 Å². The summed E-state index contributed by atoms with van der Waals surface area (Å²) in [6.45, 7) is 0. The smallest absolute Gasteiger partial charge is 0.0943 e. The zero-order valence-electron chi connectivity index (χ0n) is 6.44. The first-order valence-electron chi connectivity index (χ1n) is 2.63. The van der Waals surface area contributed by atoms with Gasteiger partial charge in [0.2, 0.25) is 0 Å². The second-order valence-corrected chi connectivity index (χ2v) is 1.64. The third-order valence-electron chi connectivity index (χ3n) is 0.637. The Hall–Kier alpha value is -0.350. The molecule has 0 aliphatic heterocycles. The van der Waals surface area contributed by atoms with Crippen molar-refractivity contribution in [2.24, 2.45) is 7.05 Å². The van der Waals surface area contributed by atoms with Gasteiger partial charge in [0, 0.05) is 33.7 Å². The maximum absolute atomic E-state index is 4.25. The van der Waals surface area contributed by atoms with Gasteiger partial charge in [-0.2, -0.15) is 0 Å². The van der Waals surface area contributed by atoms with Crippen molar-refractivity contribution in [3.63, 3.8) is 0 Å². The molecule has 0 fully saturated rings. The van der Waals surface area contributed by atoms with Crippen LogP contribution in [0.25, 0.3) is 0 Å². The molecule has 0 bridgehead atoms. The predicted octanol–water partition coefficient (Wildman–Crippen LogP) is 1.26. The summed E-state index contributed by atoms with van der Waals surface area (Å²) in [5.74, 6) is 0. The number of ether oxygens (including phenoxy) is 1. The molecule has 0 aromatic carbocycles. The van der Waals surface area contributed by atoms with Crippen molar-refractivity contribution in [1.82, 2.24) is 9.55 Å². The van der Waals surface area contributed by atoms with Crippen molar-refractivity contribution in [3.8, 4) is 0 Å². The van der Waals surface area contributed by atoms with E-state index in [2.05, 4.69) is 9.72 Å². The lowest BCUT2D eigenvalue weighted by Crippen LogP contribution is -1.76. The number of hydrogen-bond donors (Lipinski definition) is 0. The summed E-state index contributed by atoms with van der Waals surface area (Å²) in [5, 5.41) is 0. The Bertz CT molecular complexity index is 130. The molecule has 0 aliphatic carbocycles. The minimum absolute atomic E-state index is 0. The molecule has 0 spiro atoms. The van der Waals surface area contributed by atoms with E-state index in [0.29, 0.717) is 0 Å². The lowest BCUT2D eigenvalue weighted by Gasteiger charge is -1.76. The third kappa shape index (κ3) is 7.65. The van der Waals surface area contributed by atoms with Gasteiger partial charge in [-0.1, -0.05) is 0 Å². The second kappa shape index (κ2) is 8.65. The Morgan fingerprint density at radius 3 is 2.00 bits per heavy atom. The van der Waals surface area contributed by atoms with Crippen LogP contribution in [0.3, 0.4) is 0 Å². The van der Waals surface area contributed by atoms with Crippen molar-refractivity contribution in [3.05, 3.63) is 18.7 Å². The van der Waals surface area contributed by atoms with E-state index in [0.717, 1.165) is 0 Å². The Kier molecular flexibility index (Phi) is 10.7. The number of aromatic nitrogens is 2. The number of halogens is 1. The topological polar surface area (TPSA) is 27.1 Å². The van der Waals surface area contributed by atoms with Crippen LogP contribution < -0.4 is 0 Å². The van der Waals surface area contributed by atoms with Gasteiger partial charge >= 0.3 is 0 Å². The van der Waals surface area contributed by atoms with E-state index >= 15 is 0 Å². The fourth-order valence-corrected chi connectivity index (χ4v) is 0.326. The quantitative estimate of drug-likeness (QED) is 0.643. The standard InChI is InChI=1S/C4H6N2.C2H6O.BrH/c1-6-3-2-5-4-6;1-3-2;/h2-4H,1H3;1-2H3;1H. The summed E-state index contributed by atoms with van der Waals surface area (Å²) in [5.41, 5.74) is 0. The molecule has 1 aromatic rings. The molecule has 0 amide bonds. The van der Waals surface area contributed by atoms with Crippen LogP contribution >= 0.6 is 17.0 Å². The maximum Gasteiger partial charge on any atom is 0.0943 e. The zero-order valence-corrected chi connectivity index (χ0v) is 8.16. The minimum Gasteiger partial charge on any atom is -0.388 e. The second-order valence-electron chi connectivity index (χ2n) is 1.64. The summed E-state index contributed by atoms with van der Waals surface area (Å²) in [6.07, 6.45) is 5.39. The molecule has 0 radical (unpaired) electrons. The van der Waals surface area contributed by atoms with Crippen molar-refractivity contribution < 1.29 is 4.74 Å². The van der Waals surface area contributed by atoms with Crippen LogP contribution in [0.15, 0.2) is 18.7 Å². The molecule has 4 heteroatoms. The van der Waals surface area contributed by atoms with Crippen LogP contribution in [0.5, 0.6) is 0 Å². The van der Waals surface area contributed by atoms with Crippen molar-refractivity contribution in [2.75, 3.05) is 14.2 Å². The van der Waals surface area contributed by atoms with Crippen LogP contribution in [-0.4, -0.2) is 23.8 Å². The van der Waals surface area contributed by atoms with Gasteiger partial charge in [-0.3, -0.25) is 0 Å². The highest BCUT2D eigenvalue weighted by atomic mass is 79.9. The van der Waals surface area contributed by atoms with Gasteiger partial charge in [-0.05, 0) is 0 Å². The third-order valence-corrected chi connectivity index (χ3v) is 0.637. The molecular weight excluding hydrogens is 196 g/mol. The highest BCUT2D eigenvalue weighted by Gasteiger charge is 1.69. The molecule has 0 N–H and O–H groups in total. The number of hydrogen-bond acceptors (Lipinski definition) is 2. The molecule has 1 aromatic heterocycles. The number of imidazole rings is 1. The van der Waals surface area contributed by atoms with E-state index in [1.165, 1.54) is 0 Å². The first-order chi connectivity index (χ1) is 4.31. The molecule has 1 heterocycles. The summed E-state index contributed by atoms with van der Waals surface area (Å²) >= 11 is 0. The number of methoxy groups -OCH3 is 1. The van der Waals surface area contributed by atoms with Crippen molar-refractivity contribution in [1.29, 1.82) is 0 Å². The molecule has 0 saturated heterocycles. The minimum atomic E-state index is 0. The van der Waals surface area contributed by atoms with Crippen molar-refractivity contribution in [2.45, 2.75) is 0 Å². The van der Waals surface area contributed by atoms with Crippen LogP contribution in [-0.2, 0) is 11.8 Å². The average Bonchev–Trinajstić information content (AvgIpc) is 2.20. The van der Waals surface area contributed by atoms with Crippen LogP contribution in [0.4, 0.5) is 0 Å². The summed E-state index contributed by atoms with van der Waals surface area (Å²) in [6, 6.07) is 0. The molecule has 60 valence electrons. The first kappa shape index (κ1) is 12.3. The van der Waals surface area contributed by atoms with E-state index in [1.807, 2.05) is 17.8 Å². The van der Waals surface area contributed by atoms with Crippen molar-refractivity contribution >= 4 is 17.0 Å². The maximum atomic E-state index is 4.25. The molecular formula is C6H13BrN2O. The lowest BCUT2D eigenvalue weighted by atomic mass is 10.9. The van der Waals surface area contributed by atoms with Gasteiger partial charge in [-0.15, -0.1) is 17.0 Å². The number of aryl methyl sites for hydroxylation is 1. The van der Waals surface area contributed by atoms with Gasteiger partial charge in [0.1, 0.15) is 0 Å². The fourth-order valence-electron chi connectivity index (χ4n) is 0.326. The summed E-state index contributed by atoms with van der Waals surface area (Å²) in [4.78, 5) is 3.78. The molecule has 1 rings (SSSR count). The predicted molar refractivity (Wildman–Crippen MR) is 46.5 cm³/mol. The Morgan fingerprint density at radius 1 is 1.40 bits per heavy atom. The lowest BCUT2D eigenvalue weighted by molar-refractivity contribution is 0.277. The van der Waals surface area contributed by atoms with Gasteiger partial charge in [0.05, 0.1) is 6.33 Å². The van der Waals surface area contributed by atoms with Gasteiger partial charge in [-0.25, -0.2) is 4.98 Å². The fraction of sp³-hybridized carbons (Fsp3) is 0.500. The zero-order chi connectivity index (χ0) is 7.11. The average molecular weight is 209 g/mol. The Balaban J connectivity index is 0. The molecule has 0 saturated carbocycles. The largest absolute Gasteiger partial charge is 0.388 e. The normalized spacial score (nSPS) is 7.10. The van der Waals surface area contributed by atoms with Gasteiger partial charge in [0.15, 0.2) is 0 Å². The molecule has 0 atom stereocenters. The Morgan fingerprint density at radius 2 is 1.90 bits per heavy atom. The molecule has 3 nitrogen and oxygen atoms in total. The van der Waals surface area contributed by atoms with E-state index < -0.39 is 0 Å². The highest BCUT2D eigenvalue weighted by molar-refractivity contribution is 8.93. The first-order valence-corrected chi connectivity index (χ1v) is 2.63. The number of rotatable bonds is 0. The highest BCUT2D eigenvalue weighted by Crippen LogP contribution is 1.73. The summed E-state index contributed by atoms with van der Waals surface area (Å²) in [7, 11) is 5.19. The van der Waals surface area contributed by atoms with E-state index in [-0.39, 0.29) is 17.0 Å². The SMILES string of the molecule is Br.COC.Cn1ccnc1. The van der Waals surface area contributed by atoms with Crippen LogP contribution in [0, 0.1) is 0 Å². The Labute approximate surface area is 71.8 Å². The molecule has 0 aliphatic rings.